The molecule has 0 aromatic heterocycles. The summed E-state index contributed by atoms with van der Waals surface area (Å²) in [6.45, 7) is 13.5. The summed E-state index contributed by atoms with van der Waals surface area (Å²) < 4.78 is 21.5. The second-order valence-corrected chi connectivity index (χ2v) is 5.64. The number of rotatable bonds is 12. The lowest BCUT2D eigenvalue weighted by molar-refractivity contribution is 0.122. The standard InChI is InChI=1S/C12H29N2O4P/c1-5-13(6-2)9-11-17-19(15,16)18-12-10-14(7-3)8-4/h5-12H2,1-4H3,(H,15,16). The molecular weight excluding hydrogens is 267 g/mol. The highest BCUT2D eigenvalue weighted by molar-refractivity contribution is 7.47. The molecule has 0 rings (SSSR count). The maximum Gasteiger partial charge on any atom is 0.472 e. The summed E-state index contributed by atoms with van der Waals surface area (Å²) in [4.78, 5) is 13.7. The van der Waals surface area contributed by atoms with E-state index in [1.807, 2.05) is 27.7 Å². The number of hydrogen-bond acceptors (Lipinski definition) is 5. The van der Waals surface area contributed by atoms with Gasteiger partial charge in [-0.3, -0.25) is 9.05 Å². The minimum Gasteiger partial charge on any atom is -0.302 e. The molecular formula is C12H29N2O4P. The normalized spacial score (nSPS) is 12.6. The fourth-order valence-corrected chi connectivity index (χ4v) is 2.39. The molecule has 0 heterocycles. The molecule has 1 N–H and O–H groups in total. The third kappa shape index (κ3) is 9.55. The molecule has 0 radical (unpaired) electrons. The van der Waals surface area contributed by atoms with Crippen LogP contribution in [0.5, 0.6) is 0 Å². The molecule has 0 fully saturated rings. The first kappa shape index (κ1) is 19.0. The number of hydrogen-bond donors (Lipinski definition) is 1. The van der Waals surface area contributed by atoms with Gasteiger partial charge in [-0.1, -0.05) is 27.7 Å². The van der Waals surface area contributed by atoms with Crippen LogP contribution < -0.4 is 0 Å². The summed E-state index contributed by atoms with van der Waals surface area (Å²) in [5.74, 6) is 0. The molecule has 0 aliphatic carbocycles. The molecule has 0 spiro atoms. The average molecular weight is 296 g/mol. The minimum absolute atomic E-state index is 0.209. The van der Waals surface area contributed by atoms with Crippen LogP contribution in [0.3, 0.4) is 0 Å². The van der Waals surface area contributed by atoms with Gasteiger partial charge in [-0.2, -0.15) is 0 Å². The van der Waals surface area contributed by atoms with Crippen molar-refractivity contribution in [3.63, 3.8) is 0 Å². The molecule has 0 saturated heterocycles. The maximum atomic E-state index is 11.6. The zero-order chi connectivity index (χ0) is 14.7. The van der Waals surface area contributed by atoms with Gasteiger partial charge in [-0.25, -0.2) is 4.57 Å². The van der Waals surface area contributed by atoms with Gasteiger partial charge in [0.2, 0.25) is 0 Å². The Kier molecular flexibility index (Phi) is 10.8. The lowest BCUT2D eigenvalue weighted by atomic mass is 10.5. The molecule has 0 bridgehead atoms. The third-order valence-corrected chi connectivity index (χ3v) is 4.13. The fraction of sp³-hybridized carbons (Fsp3) is 1.00. The zero-order valence-corrected chi connectivity index (χ0v) is 13.6. The first-order valence-corrected chi connectivity index (χ1v) is 8.55. The molecule has 6 nitrogen and oxygen atoms in total. The van der Waals surface area contributed by atoms with Gasteiger partial charge in [0, 0.05) is 13.1 Å². The Balaban J connectivity index is 3.82. The van der Waals surface area contributed by atoms with Crippen LogP contribution >= 0.6 is 7.82 Å². The lowest BCUT2D eigenvalue weighted by Gasteiger charge is -2.20. The van der Waals surface area contributed by atoms with Crippen molar-refractivity contribution in [2.24, 2.45) is 0 Å². The first-order chi connectivity index (χ1) is 8.99. The van der Waals surface area contributed by atoms with Crippen molar-refractivity contribution in [2.75, 3.05) is 52.5 Å². The summed E-state index contributed by atoms with van der Waals surface area (Å²) >= 11 is 0. The second kappa shape index (κ2) is 10.8. The number of nitrogens with zero attached hydrogens (tertiary/aromatic N) is 2. The molecule has 19 heavy (non-hydrogen) atoms. The summed E-state index contributed by atoms with van der Waals surface area (Å²) in [6.07, 6.45) is 0. The minimum atomic E-state index is -3.90. The van der Waals surface area contributed by atoms with E-state index in [1.54, 1.807) is 0 Å². The summed E-state index contributed by atoms with van der Waals surface area (Å²) in [5, 5.41) is 0. The Bertz CT molecular complexity index is 236. The largest absolute Gasteiger partial charge is 0.472 e. The van der Waals surface area contributed by atoms with Crippen LogP contribution in [-0.2, 0) is 13.6 Å². The van der Waals surface area contributed by atoms with Crippen molar-refractivity contribution in [2.45, 2.75) is 27.7 Å². The topological polar surface area (TPSA) is 62.2 Å². The number of phosphoric ester groups is 1. The van der Waals surface area contributed by atoms with Crippen molar-refractivity contribution in [1.82, 2.24) is 9.80 Å². The molecule has 7 heteroatoms. The Hall–Kier alpha value is 0.0300. The Morgan fingerprint density at radius 3 is 1.42 bits per heavy atom. The molecule has 0 unspecified atom stereocenters. The predicted octanol–water partition coefficient (Wildman–Crippen LogP) is 1.80. The maximum absolute atomic E-state index is 11.6. The highest BCUT2D eigenvalue weighted by atomic mass is 31.2. The van der Waals surface area contributed by atoms with Crippen LogP contribution in [0.2, 0.25) is 0 Å². The number of likely N-dealkylation sites (N-methyl/N-ethyl adjacent to an activating group) is 2. The van der Waals surface area contributed by atoms with E-state index in [4.69, 9.17) is 9.05 Å². The second-order valence-electron chi connectivity index (χ2n) is 4.19. The van der Waals surface area contributed by atoms with Crippen LogP contribution in [0.15, 0.2) is 0 Å². The first-order valence-electron chi connectivity index (χ1n) is 7.05. The van der Waals surface area contributed by atoms with Crippen LogP contribution in [0, 0.1) is 0 Å². The molecule has 0 aromatic carbocycles. The van der Waals surface area contributed by atoms with Crippen molar-refractivity contribution in [1.29, 1.82) is 0 Å². The van der Waals surface area contributed by atoms with Crippen LogP contribution in [0.4, 0.5) is 0 Å². The van der Waals surface area contributed by atoms with Crippen molar-refractivity contribution in [3.05, 3.63) is 0 Å². The lowest BCUT2D eigenvalue weighted by Crippen LogP contribution is -2.28. The van der Waals surface area contributed by atoms with E-state index in [1.165, 1.54) is 0 Å². The summed E-state index contributed by atoms with van der Waals surface area (Å²) in [6, 6.07) is 0. The zero-order valence-electron chi connectivity index (χ0n) is 12.7. The highest BCUT2D eigenvalue weighted by Crippen LogP contribution is 2.42. The number of phosphoric acid groups is 1. The van der Waals surface area contributed by atoms with E-state index >= 15 is 0 Å². The van der Waals surface area contributed by atoms with Crippen LogP contribution in [0.25, 0.3) is 0 Å². The van der Waals surface area contributed by atoms with Gasteiger partial charge in [-0.15, -0.1) is 0 Å². The quantitative estimate of drug-likeness (QED) is 0.554. The predicted molar refractivity (Wildman–Crippen MR) is 77.3 cm³/mol. The van der Waals surface area contributed by atoms with Gasteiger partial charge in [0.1, 0.15) is 0 Å². The Morgan fingerprint density at radius 1 is 0.842 bits per heavy atom. The fourth-order valence-electron chi connectivity index (χ4n) is 1.69. The molecule has 0 aliphatic rings. The Labute approximate surface area is 117 Å². The summed E-state index contributed by atoms with van der Waals surface area (Å²) in [7, 11) is -3.90. The van der Waals surface area contributed by atoms with Gasteiger partial charge >= 0.3 is 7.82 Å². The molecule has 0 aliphatic heterocycles. The average Bonchev–Trinajstić information content (AvgIpc) is 2.39. The van der Waals surface area contributed by atoms with Gasteiger partial charge in [0.25, 0.3) is 0 Å². The van der Waals surface area contributed by atoms with Crippen molar-refractivity contribution >= 4 is 7.82 Å². The molecule has 0 saturated carbocycles. The van der Waals surface area contributed by atoms with Gasteiger partial charge in [0.15, 0.2) is 0 Å². The van der Waals surface area contributed by atoms with Crippen LogP contribution in [0.1, 0.15) is 27.7 Å². The van der Waals surface area contributed by atoms with Gasteiger partial charge < -0.3 is 14.7 Å². The molecule has 0 atom stereocenters. The van der Waals surface area contributed by atoms with E-state index in [-0.39, 0.29) is 13.2 Å². The van der Waals surface area contributed by atoms with Crippen molar-refractivity contribution in [3.8, 4) is 0 Å². The third-order valence-electron chi connectivity index (χ3n) is 3.11. The Morgan fingerprint density at radius 2 is 1.16 bits per heavy atom. The van der Waals surface area contributed by atoms with Crippen molar-refractivity contribution < 1.29 is 18.5 Å². The van der Waals surface area contributed by atoms with E-state index in [9.17, 15) is 9.46 Å². The summed E-state index contributed by atoms with van der Waals surface area (Å²) in [5.41, 5.74) is 0. The molecule has 0 aromatic rings. The van der Waals surface area contributed by atoms with E-state index in [2.05, 4.69) is 9.80 Å². The van der Waals surface area contributed by atoms with E-state index in [0.717, 1.165) is 26.2 Å². The highest BCUT2D eigenvalue weighted by Gasteiger charge is 2.21. The van der Waals surface area contributed by atoms with Crippen LogP contribution in [-0.4, -0.2) is 67.2 Å². The van der Waals surface area contributed by atoms with Gasteiger partial charge in [0.05, 0.1) is 13.2 Å². The van der Waals surface area contributed by atoms with E-state index in [0.29, 0.717) is 13.1 Å². The monoisotopic (exact) mass is 296 g/mol. The van der Waals surface area contributed by atoms with E-state index < -0.39 is 7.82 Å². The smallest absolute Gasteiger partial charge is 0.302 e. The van der Waals surface area contributed by atoms with Gasteiger partial charge in [-0.05, 0) is 26.2 Å². The molecule has 116 valence electrons. The molecule has 0 amide bonds. The SMILES string of the molecule is CCN(CC)CCOP(=O)(O)OCCN(CC)CC.